The van der Waals surface area contributed by atoms with Crippen LogP contribution in [0.4, 0.5) is 19.1 Å². The average Bonchev–Trinajstić information content (AvgIpc) is 2.82. The largest absolute Gasteiger partial charge is 0.434 e. The molecule has 1 N–H and O–H groups in total. The molecule has 2 heterocycles. The van der Waals surface area contributed by atoms with Gasteiger partial charge in [-0.05, 0) is 28.8 Å². The number of carbonyl (C=O) groups is 1. The van der Waals surface area contributed by atoms with Gasteiger partial charge in [0.05, 0.1) is 10.6 Å². The summed E-state index contributed by atoms with van der Waals surface area (Å²) in [6.07, 6.45) is -3.15. The van der Waals surface area contributed by atoms with E-state index >= 15 is 0 Å². The van der Waals surface area contributed by atoms with E-state index in [1.165, 1.54) is 13.1 Å². The second kappa shape index (κ2) is 5.68. The molecule has 11 heteroatoms. The number of hydrogen-bond acceptors (Lipinski definition) is 6. The van der Waals surface area contributed by atoms with Gasteiger partial charge in [-0.2, -0.15) is 13.2 Å². The molecule has 0 atom stereocenters. The predicted molar refractivity (Wildman–Crippen MR) is 67.8 cm³/mol. The number of alkyl halides is 3. The molecule has 0 saturated carbocycles. The monoisotopic (exact) mass is 318 g/mol. The summed E-state index contributed by atoms with van der Waals surface area (Å²) in [6, 6.07) is 2.41. The molecular weight excluding hydrogens is 309 g/mol. The van der Waals surface area contributed by atoms with E-state index in [0.717, 1.165) is 22.5 Å². The zero-order valence-electron chi connectivity index (χ0n) is 10.8. The summed E-state index contributed by atoms with van der Waals surface area (Å²) < 4.78 is 40.1. The standard InChI is InChI=1S/C10H9F3N6OS/c1-19-9(16-17-18-19)15-8(20)5-3-4-6(21-2)14-7(5)10(11,12)13/h3-4H,1-2H3,(H,15,16,18,20). The number of anilines is 1. The Bertz CT molecular complexity index is 671. The number of thioether (sulfide) groups is 1. The molecule has 2 rings (SSSR count). The van der Waals surface area contributed by atoms with Crippen LogP contribution < -0.4 is 5.32 Å². The maximum atomic E-state index is 13.0. The molecule has 0 saturated heterocycles. The van der Waals surface area contributed by atoms with E-state index in [4.69, 9.17) is 0 Å². The van der Waals surface area contributed by atoms with Crippen molar-refractivity contribution < 1.29 is 18.0 Å². The van der Waals surface area contributed by atoms with Crippen LogP contribution in [0.2, 0.25) is 0 Å². The minimum atomic E-state index is -4.74. The van der Waals surface area contributed by atoms with Crippen molar-refractivity contribution in [1.29, 1.82) is 0 Å². The number of aromatic nitrogens is 5. The molecule has 0 aliphatic rings. The van der Waals surface area contributed by atoms with Crippen molar-refractivity contribution in [2.75, 3.05) is 11.6 Å². The molecule has 0 unspecified atom stereocenters. The summed E-state index contributed by atoms with van der Waals surface area (Å²) in [4.78, 5) is 15.4. The molecule has 0 aliphatic carbocycles. The Hall–Kier alpha value is -2.17. The highest BCUT2D eigenvalue weighted by Gasteiger charge is 2.37. The normalized spacial score (nSPS) is 11.5. The number of rotatable bonds is 3. The van der Waals surface area contributed by atoms with Crippen LogP contribution in [0, 0.1) is 0 Å². The number of pyridine rings is 1. The molecule has 7 nitrogen and oxygen atoms in total. The maximum absolute atomic E-state index is 13.0. The Morgan fingerprint density at radius 2 is 2.10 bits per heavy atom. The van der Waals surface area contributed by atoms with Crippen LogP contribution in [0.5, 0.6) is 0 Å². The highest BCUT2D eigenvalue weighted by atomic mass is 32.2. The van der Waals surface area contributed by atoms with Gasteiger partial charge in [-0.1, -0.05) is 5.10 Å². The summed E-state index contributed by atoms with van der Waals surface area (Å²) in [5.41, 5.74) is -1.84. The van der Waals surface area contributed by atoms with Crippen molar-refractivity contribution in [3.8, 4) is 0 Å². The number of amides is 1. The molecule has 1 amide bonds. The molecule has 0 aliphatic heterocycles. The molecule has 21 heavy (non-hydrogen) atoms. The number of carbonyl (C=O) groups excluding carboxylic acids is 1. The van der Waals surface area contributed by atoms with Crippen molar-refractivity contribution in [2.24, 2.45) is 7.05 Å². The molecule has 0 spiro atoms. The zero-order valence-corrected chi connectivity index (χ0v) is 11.7. The van der Waals surface area contributed by atoms with E-state index in [1.54, 1.807) is 6.26 Å². The van der Waals surface area contributed by atoms with Gasteiger partial charge >= 0.3 is 6.18 Å². The van der Waals surface area contributed by atoms with Crippen molar-refractivity contribution in [1.82, 2.24) is 25.2 Å². The Kier molecular flexibility index (Phi) is 4.11. The highest BCUT2D eigenvalue weighted by molar-refractivity contribution is 7.98. The summed E-state index contributed by atoms with van der Waals surface area (Å²) in [7, 11) is 1.44. The fourth-order valence-electron chi connectivity index (χ4n) is 1.46. The molecule has 0 bridgehead atoms. The van der Waals surface area contributed by atoms with E-state index in [9.17, 15) is 18.0 Å². The fraction of sp³-hybridized carbons (Fsp3) is 0.300. The molecule has 0 aromatic carbocycles. The Morgan fingerprint density at radius 1 is 1.38 bits per heavy atom. The lowest BCUT2D eigenvalue weighted by molar-refractivity contribution is -0.141. The first kappa shape index (κ1) is 15.2. The van der Waals surface area contributed by atoms with Gasteiger partial charge in [0.1, 0.15) is 0 Å². The topological polar surface area (TPSA) is 85.6 Å². The average molecular weight is 318 g/mol. The Morgan fingerprint density at radius 3 is 2.62 bits per heavy atom. The summed E-state index contributed by atoms with van der Waals surface area (Å²) in [6.45, 7) is 0. The van der Waals surface area contributed by atoms with Crippen molar-refractivity contribution in [2.45, 2.75) is 11.2 Å². The van der Waals surface area contributed by atoms with Gasteiger partial charge in [0.25, 0.3) is 5.91 Å². The number of aryl methyl sites for hydroxylation is 1. The van der Waals surface area contributed by atoms with Gasteiger partial charge in [0, 0.05) is 7.05 Å². The molecule has 2 aromatic rings. The number of hydrogen-bond donors (Lipinski definition) is 1. The van der Waals surface area contributed by atoms with Gasteiger partial charge in [-0.25, -0.2) is 9.67 Å². The molecule has 0 radical (unpaired) electrons. The Balaban J connectivity index is 2.39. The quantitative estimate of drug-likeness (QED) is 0.865. The van der Waals surface area contributed by atoms with Crippen molar-refractivity contribution in [3.05, 3.63) is 23.4 Å². The smallest absolute Gasteiger partial charge is 0.289 e. The third-order valence-electron chi connectivity index (χ3n) is 2.44. The molecule has 0 fully saturated rings. The first-order chi connectivity index (χ1) is 9.82. The van der Waals surface area contributed by atoms with E-state index in [0.29, 0.717) is 0 Å². The number of halogens is 3. The first-order valence-corrected chi connectivity index (χ1v) is 6.71. The van der Waals surface area contributed by atoms with Gasteiger partial charge in [0.2, 0.25) is 5.95 Å². The first-order valence-electron chi connectivity index (χ1n) is 5.49. The third-order valence-corrected chi connectivity index (χ3v) is 3.08. The second-order valence-corrected chi connectivity index (χ2v) is 4.65. The zero-order chi connectivity index (χ0) is 15.6. The minimum Gasteiger partial charge on any atom is -0.289 e. The fourth-order valence-corrected chi connectivity index (χ4v) is 1.85. The van der Waals surface area contributed by atoms with Gasteiger partial charge in [-0.3, -0.25) is 10.1 Å². The third kappa shape index (κ3) is 3.29. The summed E-state index contributed by atoms with van der Waals surface area (Å²) >= 11 is 1.05. The van der Waals surface area contributed by atoms with Crippen molar-refractivity contribution >= 4 is 23.6 Å². The lowest BCUT2D eigenvalue weighted by atomic mass is 10.1. The second-order valence-electron chi connectivity index (χ2n) is 3.83. The number of nitrogens with zero attached hydrogens (tertiary/aromatic N) is 5. The lowest BCUT2D eigenvalue weighted by Crippen LogP contribution is -2.22. The van der Waals surface area contributed by atoms with Crippen LogP contribution in [0.1, 0.15) is 16.1 Å². The van der Waals surface area contributed by atoms with Crippen LogP contribution in [0.15, 0.2) is 17.2 Å². The SMILES string of the molecule is CSc1ccc(C(=O)Nc2nnnn2C)c(C(F)(F)F)n1. The van der Waals surface area contributed by atoms with Gasteiger partial charge in [-0.15, -0.1) is 11.8 Å². The summed E-state index contributed by atoms with van der Waals surface area (Å²) in [5.74, 6) is -1.05. The van der Waals surface area contributed by atoms with Crippen LogP contribution >= 0.6 is 11.8 Å². The number of nitrogens with one attached hydrogen (secondary N) is 1. The van der Waals surface area contributed by atoms with Crippen LogP contribution in [-0.2, 0) is 13.2 Å². The Labute approximate surface area is 120 Å². The minimum absolute atomic E-state index is 0.0675. The van der Waals surface area contributed by atoms with E-state index in [1.807, 2.05) is 0 Å². The van der Waals surface area contributed by atoms with Gasteiger partial charge < -0.3 is 0 Å². The summed E-state index contributed by atoms with van der Waals surface area (Å²) in [5, 5.41) is 12.6. The van der Waals surface area contributed by atoms with Crippen LogP contribution in [0.3, 0.4) is 0 Å². The highest BCUT2D eigenvalue weighted by Crippen LogP contribution is 2.32. The van der Waals surface area contributed by atoms with E-state index < -0.39 is 23.3 Å². The van der Waals surface area contributed by atoms with Crippen molar-refractivity contribution in [3.63, 3.8) is 0 Å². The predicted octanol–water partition coefficient (Wildman–Crippen LogP) is 1.60. The van der Waals surface area contributed by atoms with Crippen LogP contribution in [-0.4, -0.2) is 37.4 Å². The van der Waals surface area contributed by atoms with Crippen LogP contribution in [0.25, 0.3) is 0 Å². The van der Waals surface area contributed by atoms with E-state index in [-0.39, 0.29) is 11.0 Å². The number of tetrazole rings is 1. The molecule has 112 valence electrons. The van der Waals surface area contributed by atoms with E-state index in [2.05, 4.69) is 25.8 Å². The molecule has 2 aromatic heterocycles. The van der Waals surface area contributed by atoms with Gasteiger partial charge in [0.15, 0.2) is 5.69 Å². The maximum Gasteiger partial charge on any atom is 0.434 e. The lowest BCUT2D eigenvalue weighted by Gasteiger charge is -2.12. The molecular formula is C10H9F3N6OS.